The highest BCUT2D eigenvalue weighted by atomic mass is 32.2. The molecular weight excluding hydrogens is 416 g/mol. The van der Waals surface area contributed by atoms with E-state index in [-0.39, 0.29) is 36.5 Å². The van der Waals surface area contributed by atoms with Gasteiger partial charge in [-0.25, -0.2) is 12.7 Å². The summed E-state index contributed by atoms with van der Waals surface area (Å²) >= 11 is 0. The Balaban J connectivity index is 1.35. The molecule has 1 fully saturated rings. The molecule has 0 spiro atoms. The maximum Gasteiger partial charge on any atom is 0.223 e. The van der Waals surface area contributed by atoms with Crippen molar-refractivity contribution in [2.45, 2.75) is 31.6 Å². The van der Waals surface area contributed by atoms with Crippen LogP contribution in [0.25, 0.3) is 0 Å². The number of carbonyl (C=O) groups is 2. The number of sulfonamides is 1. The Hall–Kier alpha value is -2.78. The fourth-order valence-electron chi connectivity index (χ4n) is 3.51. The molecule has 2 amide bonds. The van der Waals surface area contributed by atoms with Gasteiger partial charge in [0.2, 0.25) is 21.8 Å². The van der Waals surface area contributed by atoms with Gasteiger partial charge in [-0.3, -0.25) is 14.6 Å². The second-order valence-corrected chi connectivity index (χ2v) is 9.56. The molecule has 2 aromatic rings. The summed E-state index contributed by atoms with van der Waals surface area (Å²) in [7, 11) is -3.40. The van der Waals surface area contributed by atoms with Crippen LogP contribution in [0.4, 0.5) is 0 Å². The quantitative estimate of drug-likeness (QED) is 0.609. The summed E-state index contributed by atoms with van der Waals surface area (Å²) < 4.78 is 26.7. The molecule has 1 aromatic carbocycles. The molecule has 0 bridgehead atoms. The molecule has 9 heteroatoms. The largest absolute Gasteiger partial charge is 0.355 e. The third-order valence-corrected chi connectivity index (χ3v) is 7.15. The van der Waals surface area contributed by atoms with E-state index in [1.807, 2.05) is 30.3 Å². The highest BCUT2D eigenvalue weighted by Gasteiger charge is 2.31. The average Bonchev–Trinajstić information content (AvgIpc) is 2.79. The minimum atomic E-state index is -3.40. The SMILES string of the molecule is O=C(CCNC(=O)C1CCN(S(=O)(=O)Cc2ccccc2)CC1)NCc1ccncc1. The molecule has 3 rings (SSSR count). The van der Waals surface area contributed by atoms with Gasteiger partial charge in [0.25, 0.3) is 0 Å². The molecular formula is C22H28N4O4S. The molecule has 0 atom stereocenters. The van der Waals surface area contributed by atoms with Gasteiger partial charge in [-0.2, -0.15) is 0 Å². The Bertz CT molecular complexity index is 960. The number of carbonyl (C=O) groups excluding carboxylic acids is 2. The van der Waals surface area contributed by atoms with Crippen molar-refractivity contribution < 1.29 is 18.0 Å². The summed E-state index contributed by atoms with van der Waals surface area (Å²) in [6.07, 6.45) is 4.49. The Morgan fingerprint density at radius 2 is 1.65 bits per heavy atom. The Morgan fingerprint density at radius 1 is 0.968 bits per heavy atom. The first-order chi connectivity index (χ1) is 14.9. The summed E-state index contributed by atoms with van der Waals surface area (Å²) in [5, 5.41) is 5.60. The van der Waals surface area contributed by atoms with Crippen LogP contribution in [-0.4, -0.2) is 49.2 Å². The van der Waals surface area contributed by atoms with Crippen LogP contribution in [0.1, 0.15) is 30.4 Å². The summed E-state index contributed by atoms with van der Waals surface area (Å²) in [6.45, 7) is 1.35. The molecule has 1 aliphatic rings. The zero-order chi connectivity index (χ0) is 22.1. The van der Waals surface area contributed by atoms with Crippen molar-refractivity contribution in [3.8, 4) is 0 Å². The van der Waals surface area contributed by atoms with Crippen LogP contribution in [-0.2, 0) is 31.9 Å². The van der Waals surface area contributed by atoms with E-state index in [2.05, 4.69) is 15.6 Å². The molecule has 0 unspecified atom stereocenters. The van der Waals surface area contributed by atoms with Crippen LogP contribution < -0.4 is 10.6 Å². The second-order valence-electron chi connectivity index (χ2n) is 7.59. The van der Waals surface area contributed by atoms with Crippen LogP contribution >= 0.6 is 0 Å². The van der Waals surface area contributed by atoms with Crippen LogP contribution in [0.2, 0.25) is 0 Å². The molecule has 0 radical (unpaired) electrons. The van der Waals surface area contributed by atoms with Crippen molar-refractivity contribution in [3.05, 3.63) is 66.0 Å². The Labute approximate surface area is 183 Å². The smallest absolute Gasteiger partial charge is 0.223 e. The Kier molecular flexibility index (Phi) is 8.13. The lowest BCUT2D eigenvalue weighted by molar-refractivity contribution is -0.126. The molecule has 0 aliphatic carbocycles. The zero-order valence-electron chi connectivity index (χ0n) is 17.4. The third kappa shape index (κ3) is 7.15. The summed E-state index contributed by atoms with van der Waals surface area (Å²) in [6, 6.07) is 12.7. The third-order valence-electron chi connectivity index (χ3n) is 5.30. The number of aromatic nitrogens is 1. The molecule has 2 heterocycles. The maximum absolute atomic E-state index is 12.6. The normalized spacial score (nSPS) is 15.4. The van der Waals surface area contributed by atoms with E-state index in [1.165, 1.54) is 4.31 Å². The number of nitrogens with one attached hydrogen (secondary N) is 2. The number of piperidine rings is 1. The number of pyridine rings is 1. The molecule has 1 aliphatic heterocycles. The van der Waals surface area contributed by atoms with Gasteiger partial charge in [-0.05, 0) is 36.1 Å². The van der Waals surface area contributed by atoms with E-state index < -0.39 is 10.0 Å². The van der Waals surface area contributed by atoms with Crippen molar-refractivity contribution in [2.24, 2.45) is 5.92 Å². The van der Waals surface area contributed by atoms with Gasteiger partial charge >= 0.3 is 0 Å². The van der Waals surface area contributed by atoms with Crippen molar-refractivity contribution in [2.75, 3.05) is 19.6 Å². The number of hydrogen-bond acceptors (Lipinski definition) is 5. The first kappa shape index (κ1) is 22.9. The van der Waals surface area contributed by atoms with Crippen molar-refractivity contribution in [1.82, 2.24) is 19.9 Å². The fourth-order valence-corrected chi connectivity index (χ4v) is 5.07. The van der Waals surface area contributed by atoms with Crippen molar-refractivity contribution >= 4 is 21.8 Å². The summed E-state index contributed by atoms with van der Waals surface area (Å²) in [4.78, 5) is 28.2. The predicted molar refractivity (Wildman–Crippen MR) is 117 cm³/mol. The van der Waals surface area contributed by atoms with Crippen molar-refractivity contribution in [1.29, 1.82) is 0 Å². The maximum atomic E-state index is 12.6. The molecule has 31 heavy (non-hydrogen) atoms. The molecule has 0 saturated carbocycles. The van der Waals surface area contributed by atoms with E-state index in [0.717, 1.165) is 11.1 Å². The Morgan fingerprint density at radius 3 is 2.32 bits per heavy atom. The topological polar surface area (TPSA) is 108 Å². The van der Waals surface area contributed by atoms with E-state index in [4.69, 9.17) is 0 Å². The summed E-state index contributed by atoms with van der Waals surface area (Å²) in [5.41, 5.74) is 1.71. The lowest BCUT2D eigenvalue weighted by atomic mass is 9.97. The monoisotopic (exact) mass is 444 g/mol. The lowest BCUT2D eigenvalue weighted by Gasteiger charge is -2.30. The van der Waals surface area contributed by atoms with Crippen LogP contribution in [0.15, 0.2) is 54.9 Å². The van der Waals surface area contributed by atoms with Gasteiger partial charge in [0.05, 0.1) is 5.75 Å². The first-order valence-electron chi connectivity index (χ1n) is 10.4. The van der Waals surface area contributed by atoms with E-state index in [1.54, 1.807) is 24.5 Å². The van der Waals surface area contributed by atoms with Gasteiger partial charge in [-0.15, -0.1) is 0 Å². The standard InChI is InChI=1S/C22H28N4O4S/c27-21(25-16-18-6-11-23-12-7-18)8-13-24-22(28)20-9-14-26(15-10-20)31(29,30)17-19-4-2-1-3-5-19/h1-7,11-12,20H,8-10,13-17H2,(H,24,28)(H,25,27). The highest BCUT2D eigenvalue weighted by Crippen LogP contribution is 2.21. The second kappa shape index (κ2) is 11.0. The average molecular weight is 445 g/mol. The molecule has 1 saturated heterocycles. The molecule has 1 aromatic heterocycles. The predicted octanol–water partition coefficient (Wildman–Crippen LogP) is 1.45. The fraction of sp³-hybridized carbons (Fsp3) is 0.409. The van der Waals surface area contributed by atoms with Crippen molar-refractivity contribution in [3.63, 3.8) is 0 Å². The van der Waals surface area contributed by atoms with Crippen LogP contribution in [0.5, 0.6) is 0 Å². The minimum Gasteiger partial charge on any atom is -0.355 e. The van der Waals surface area contributed by atoms with E-state index in [0.29, 0.717) is 32.5 Å². The van der Waals surface area contributed by atoms with Gasteiger partial charge in [0, 0.05) is 50.9 Å². The summed E-state index contributed by atoms with van der Waals surface area (Å²) in [5.74, 6) is -0.525. The molecule has 2 N–H and O–H groups in total. The zero-order valence-corrected chi connectivity index (χ0v) is 18.2. The van der Waals surface area contributed by atoms with Gasteiger partial charge < -0.3 is 10.6 Å². The van der Waals surface area contributed by atoms with Gasteiger partial charge in [-0.1, -0.05) is 30.3 Å². The van der Waals surface area contributed by atoms with Gasteiger partial charge in [0.1, 0.15) is 0 Å². The number of rotatable bonds is 9. The molecule has 8 nitrogen and oxygen atoms in total. The lowest BCUT2D eigenvalue weighted by Crippen LogP contribution is -2.43. The minimum absolute atomic E-state index is 0.0285. The first-order valence-corrected chi connectivity index (χ1v) is 12.0. The van der Waals surface area contributed by atoms with Gasteiger partial charge in [0.15, 0.2) is 0 Å². The number of nitrogens with zero attached hydrogens (tertiary/aromatic N) is 2. The molecule has 166 valence electrons. The number of amides is 2. The number of benzene rings is 1. The van der Waals surface area contributed by atoms with Crippen LogP contribution in [0, 0.1) is 5.92 Å². The van der Waals surface area contributed by atoms with E-state index in [9.17, 15) is 18.0 Å². The highest BCUT2D eigenvalue weighted by molar-refractivity contribution is 7.88. The number of hydrogen-bond donors (Lipinski definition) is 2. The van der Waals surface area contributed by atoms with Crippen LogP contribution in [0.3, 0.4) is 0 Å². The van der Waals surface area contributed by atoms with E-state index >= 15 is 0 Å².